The highest BCUT2D eigenvalue weighted by atomic mass is 16.5. The van der Waals surface area contributed by atoms with Crippen molar-refractivity contribution in [3.63, 3.8) is 0 Å². The van der Waals surface area contributed by atoms with E-state index < -0.39 is 6.10 Å². The molecule has 1 unspecified atom stereocenters. The first-order chi connectivity index (χ1) is 10.2. The molecule has 0 saturated carbocycles. The molecule has 0 spiro atoms. The second kappa shape index (κ2) is 7.43. The lowest BCUT2D eigenvalue weighted by atomic mass is 10.2. The van der Waals surface area contributed by atoms with Crippen molar-refractivity contribution in [3.05, 3.63) is 47.8 Å². The molecule has 21 heavy (non-hydrogen) atoms. The molecule has 110 valence electrons. The first kappa shape index (κ1) is 15.0. The Morgan fingerprint density at radius 3 is 2.76 bits per heavy atom. The van der Waals surface area contributed by atoms with Crippen LogP contribution in [0.2, 0.25) is 0 Å². The van der Waals surface area contributed by atoms with Gasteiger partial charge in [0.1, 0.15) is 18.5 Å². The van der Waals surface area contributed by atoms with Gasteiger partial charge in [0.2, 0.25) is 0 Å². The van der Waals surface area contributed by atoms with E-state index in [1.54, 1.807) is 35.1 Å². The molecule has 0 amide bonds. The summed E-state index contributed by atoms with van der Waals surface area (Å²) in [5, 5.41) is 25.8. The van der Waals surface area contributed by atoms with Crippen LogP contribution in [0.5, 0.6) is 5.75 Å². The van der Waals surface area contributed by atoms with E-state index >= 15 is 0 Å². The zero-order valence-corrected chi connectivity index (χ0v) is 11.9. The summed E-state index contributed by atoms with van der Waals surface area (Å²) in [5.41, 5.74) is 1.64. The molecule has 0 radical (unpaired) electrons. The van der Waals surface area contributed by atoms with Gasteiger partial charge in [0.25, 0.3) is 0 Å². The van der Waals surface area contributed by atoms with Gasteiger partial charge in [0.05, 0.1) is 17.3 Å². The van der Waals surface area contributed by atoms with E-state index in [2.05, 4.69) is 10.4 Å². The van der Waals surface area contributed by atoms with Crippen LogP contribution in [-0.2, 0) is 13.6 Å². The summed E-state index contributed by atoms with van der Waals surface area (Å²) < 4.78 is 7.25. The van der Waals surface area contributed by atoms with Crippen molar-refractivity contribution in [1.29, 1.82) is 5.26 Å². The molecule has 1 aromatic carbocycles. The SMILES string of the molecule is Cn1nccc1CNCC(O)COc1ccc(C#N)cc1. The van der Waals surface area contributed by atoms with Crippen LogP contribution in [0.1, 0.15) is 11.3 Å². The maximum Gasteiger partial charge on any atom is 0.119 e. The molecule has 2 aromatic rings. The van der Waals surface area contributed by atoms with Gasteiger partial charge in [-0.05, 0) is 30.3 Å². The van der Waals surface area contributed by atoms with Gasteiger partial charge in [-0.15, -0.1) is 0 Å². The van der Waals surface area contributed by atoms with Crippen LogP contribution >= 0.6 is 0 Å². The fraction of sp³-hybridized carbons (Fsp3) is 0.333. The van der Waals surface area contributed by atoms with E-state index in [1.807, 2.05) is 19.2 Å². The maximum absolute atomic E-state index is 9.85. The summed E-state index contributed by atoms with van der Waals surface area (Å²) in [5.74, 6) is 0.639. The van der Waals surface area contributed by atoms with E-state index in [0.29, 0.717) is 24.4 Å². The highest BCUT2D eigenvalue weighted by Gasteiger charge is 2.06. The van der Waals surface area contributed by atoms with E-state index in [1.165, 1.54) is 0 Å². The monoisotopic (exact) mass is 286 g/mol. The number of nitrogens with one attached hydrogen (secondary N) is 1. The molecule has 0 aliphatic carbocycles. The van der Waals surface area contributed by atoms with Gasteiger partial charge in [-0.25, -0.2) is 0 Å². The third-order valence-electron chi connectivity index (χ3n) is 3.03. The maximum atomic E-state index is 9.85. The number of nitrogens with zero attached hydrogens (tertiary/aromatic N) is 3. The van der Waals surface area contributed by atoms with Crippen molar-refractivity contribution < 1.29 is 9.84 Å². The van der Waals surface area contributed by atoms with Crippen molar-refractivity contribution in [2.45, 2.75) is 12.6 Å². The van der Waals surface area contributed by atoms with Crippen molar-refractivity contribution >= 4 is 0 Å². The topological polar surface area (TPSA) is 83.1 Å². The lowest BCUT2D eigenvalue weighted by molar-refractivity contribution is 0.106. The molecule has 2 rings (SSSR count). The van der Waals surface area contributed by atoms with Crippen LogP contribution < -0.4 is 10.1 Å². The van der Waals surface area contributed by atoms with Crippen LogP contribution in [0.4, 0.5) is 0 Å². The Hall–Kier alpha value is -2.36. The molecule has 1 aromatic heterocycles. The summed E-state index contributed by atoms with van der Waals surface area (Å²) in [4.78, 5) is 0. The Labute approximate surface area is 123 Å². The van der Waals surface area contributed by atoms with Gasteiger partial charge in [0.15, 0.2) is 0 Å². The Bertz CT molecular complexity index is 601. The van der Waals surface area contributed by atoms with E-state index in [0.717, 1.165) is 5.69 Å². The quantitative estimate of drug-likeness (QED) is 0.787. The molecule has 6 nitrogen and oxygen atoms in total. The van der Waals surface area contributed by atoms with Gasteiger partial charge in [0, 0.05) is 26.3 Å². The predicted octanol–water partition coefficient (Wildman–Crippen LogP) is 0.821. The zero-order chi connectivity index (χ0) is 15.1. The molecule has 0 fully saturated rings. The summed E-state index contributed by atoms with van der Waals surface area (Å²) in [6, 6.07) is 10.8. The number of rotatable bonds is 7. The van der Waals surface area contributed by atoms with E-state index in [4.69, 9.17) is 10.00 Å². The number of nitriles is 1. The first-order valence-corrected chi connectivity index (χ1v) is 6.67. The van der Waals surface area contributed by atoms with Crippen molar-refractivity contribution in [3.8, 4) is 11.8 Å². The largest absolute Gasteiger partial charge is 0.491 e. The number of hydrogen-bond acceptors (Lipinski definition) is 5. The van der Waals surface area contributed by atoms with Gasteiger partial charge in [-0.1, -0.05) is 0 Å². The minimum absolute atomic E-state index is 0.199. The Balaban J connectivity index is 1.68. The van der Waals surface area contributed by atoms with Gasteiger partial charge < -0.3 is 15.2 Å². The summed E-state index contributed by atoms with van der Waals surface area (Å²) in [6.07, 6.45) is 1.13. The molecule has 0 saturated heterocycles. The Kier molecular flexibility index (Phi) is 5.32. The second-order valence-electron chi connectivity index (χ2n) is 4.68. The number of aryl methyl sites for hydroxylation is 1. The van der Waals surface area contributed by atoms with Crippen LogP contribution in [-0.4, -0.2) is 34.1 Å². The minimum atomic E-state index is -0.603. The average Bonchev–Trinajstić information content (AvgIpc) is 2.91. The molecule has 2 N–H and O–H groups in total. The summed E-state index contributed by atoms with van der Waals surface area (Å²) in [7, 11) is 1.88. The number of ether oxygens (including phenoxy) is 1. The highest BCUT2D eigenvalue weighted by Crippen LogP contribution is 2.11. The Morgan fingerprint density at radius 2 is 2.14 bits per heavy atom. The number of aliphatic hydroxyl groups is 1. The van der Waals surface area contributed by atoms with Crippen LogP contribution in [0.15, 0.2) is 36.5 Å². The number of aliphatic hydroxyl groups excluding tert-OH is 1. The summed E-state index contributed by atoms with van der Waals surface area (Å²) >= 11 is 0. The molecular weight excluding hydrogens is 268 g/mol. The molecule has 1 atom stereocenters. The number of hydrogen-bond donors (Lipinski definition) is 2. The molecule has 1 heterocycles. The Morgan fingerprint density at radius 1 is 1.38 bits per heavy atom. The van der Waals surface area contributed by atoms with Crippen LogP contribution in [0.3, 0.4) is 0 Å². The molecule has 0 bridgehead atoms. The van der Waals surface area contributed by atoms with Crippen molar-refractivity contribution in [1.82, 2.24) is 15.1 Å². The van der Waals surface area contributed by atoms with Crippen LogP contribution in [0, 0.1) is 11.3 Å². The normalized spacial score (nSPS) is 11.9. The first-order valence-electron chi connectivity index (χ1n) is 6.67. The third-order valence-corrected chi connectivity index (χ3v) is 3.03. The third kappa shape index (κ3) is 4.60. The van der Waals surface area contributed by atoms with Crippen LogP contribution in [0.25, 0.3) is 0 Å². The van der Waals surface area contributed by atoms with E-state index in [-0.39, 0.29) is 6.61 Å². The van der Waals surface area contributed by atoms with Crippen molar-refractivity contribution in [2.24, 2.45) is 7.05 Å². The molecule has 0 aliphatic rings. The predicted molar refractivity (Wildman–Crippen MR) is 77.6 cm³/mol. The number of aromatic nitrogens is 2. The average molecular weight is 286 g/mol. The lowest BCUT2D eigenvalue weighted by Crippen LogP contribution is -2.31. The molecule has 6 heteroatoms. The molecular formula is C15H18N4O2. The standard InChI is InChI=1S/C15H18N4O2/c1-19-13(6-7-18-19)9-17-10-14(20)11-21-15-4-2-12(8-16)3-5-15/h2-7,14,17,20H,9-11H2,1H3. The van der Waals surface area contributed by atoms with E-state index in [9.17, 15) is 5.11 Å². The fourth-order valence-electron chi connectivity index (χ4n) is 1.82. The second-order valence-corrected chi connectivity index (χ2v) is 4.68. The number of benzene rings is 1. The summed E-state index contributed by atoms with van der Waals surface area (Å²) in [6.45, 7) is 1.27. The highest BCUT2D eigenvalue weighted by molar-refractivity contribution is 5.34. The van der Waals surface area contributed by atoms with Gasteiger partial charge in [-0.3, -0.25) is 4.68 Å². The lowest BCUT2D eigenvalue weighted by Gasteiger charge is -2.13. The smallest absolute Gasteiger partial charge is 0.119 e. The zero-order valence-electron chi connectivity index (χ0n) is 11.9. The molecule has 0 aliphatic heterocycles. The minimum Gasteiger partial charge on any atom is -0.491 e. The fourth-order valence-corrected chi connectivity index (χ4v) is 1.82. The van der Waals surface area contributed by atoms with Gasteiger partial charge >= 0.3 is 0 Å². The van der Waals surface area contributed by atoms with Gasteiger partial charge in [-0.2, -0.15) is 10.4 Å². The van der Waals surface area contributed by atoms with Crippen molar-refractivity contribution in [2.75, 3.05) is 13.2 Å².